The van der Waals surface area contributed by atoms with Crippen LogP contribution in [0.15, 0.2) is 12.1 Å². The molecule has 4 heteroatoms. The molecule has 1 saturated heterocycles. The minimum absolute atomic E-state index is 0.0318. The molecule has 0 N–H and O–H groups in total. The van der Waals surface area contributed by atoms with E-state index in [0.29, 0.717) is 37.6 Å². The van der Waals surface area contributed by atoms with Gasteiger partial charge in [-0.2, -0.15) is 0 Å². The second-order valence-corrected chi connectivity index (χ2v) is 6.55. The number of carbonyl (C=O) groups excluding carboxylic acids is 1. The number of carbonyl (C=O) groups is 1. The van der Waals surface area contributed by atoms with Crippen LogP contribution in [-0.2, 0) is 10.2 Å². The summed E-state index contributed by atoms with van der Waals surface area (Å²) in [4.78, 5) is 14.6. The first-order chi connectivity index (χ1) is 9.84. The fourth-order valence-corrected chi connectivity index (χ4v) is 2.65. The average Bonchev–Trinajstić information content (AvgIpc) is 2.45. The summed E-state index contributed by atoms with van der Waals surface area (Å²) < 4.78 is 10.9. The van der Waals surface area contributed by atoms with Gasteiger partial charge in [0.15, 0.2) is 0 Å². The van der Waals surface area contributed by atoms with E-state index in [2.05, 4.69) is 26.8 Å². The Kier molecular flexibility index (Phi) is 4.57. The van der Waals surface area contributed by atoms with E-state index >= 15 is 0 Å². The molecule has 0 aliphatic carbocycles. The van der Waals surface area contributed by atoms with Crippen LogP contribution in [0, 0.1) is 6.92 Å². The van der Waals surface area contributed by atoms with Crippen molar-refractivity contribution in [1.82, 2.24) is 4.90 Å². The molecule has 0 atom stereocenters. The fraction of sp³-hybridized carbons (Fsp3) is 0.588. The van der Waals surface area contributed by atoms with Gasteiger partial charge in [0.25, 0.3) is 5.91 Å². The summed E-state index contributed by atoms with van der Waals surface area (Å²) >= 11 is 0. The van der Waals surface area contributed by atoms with Crippen LogP contribution < -0.4 is 4.74 Å². The Morgan fingerprint density at radius 2 is 1.86 bits per heavy atom. The molecule has 0 bridgehead atoms. The minimum atomic E-state index is -0.0720. The van der Waals surface area contributed by atoms with E-state index in [0.717, 1.165) is 11.1 Å². The SMILES string of the molecule is COc1c(C(=O)N2CCOCC2)cc(C)cc1C(C)(C)C. The predicted octanol–water partition coefficient (Wildman–Crippen LogP) is 2.77. The van der Waals surface area contributed by atoms with E-state index in [4.69, 9.17) is 9.47 Å². The molecule has 0 radical (unpaired) electrons. The van der Waals surface area contributed by atoms with Crippen molar-refractivity contribution >= 4 is 5.91 Å². The highest BCUT2D eigenvalue weighted by Gasteiger charge is 2.27. The van der Waals surface area contributed by atoms with Crippen molar-refractivity contribution in [3.63, 3.8) is 0 Å². The number of hydrogen-bond donors (Lipinski definition) is 0. The van der Waals surface area contributed by atoms with E-state index in [1.54, 1.807) is 7.11 Å². The molecule has 1 aromatic carbocycles. The lowest BCUT2D eigenvalue weighted by Crippen LogP contribution is -2.41. The standard InChI is InChI=1S/C17H25NO3/c1-12-10-13(16(19)18-6-8-21-9-7-18)15(20-5)14(11-12)17(2,3)4/h10-11H,6-9H2,1-5H3. The van der Waals surface area contributed by atoms with Crippen LogP contribution in [0.25, 0.3) is 0 Å². The monoisotopic (exact) mass is 291 g/mol. The fourth-order valence-electron chi connectivity index (χ4n) is 2.65. The number of methoxy groups -OCH3 is 1. The summed E-state index contributed by atoms with van der Waals surface area (Å²) in [6.45, 7) is 10.9. The average molecular weight is 291 g/mol. The molecule has 1 aromatic rings. The number of amides is 1. The Labute approximate surface area is 127 Å². The molecule has 0 aromatic heterocycles. The number of aryl methyl sites for hydroxylation is 1. The molecule has 1 heterocycles. The maximum atomic E-state index is 12.8. The highest BCUT2D eigenvalue weighted by molar-refractivity contribution is 5.97. The van der Waals surface area contributed by atoms with Crippen molar-refractivity contribution < 1.29 is 14.3 Å². The number of benzene rings is 1. The Morgan fingerprint density at radius 3 is 2.38 bits per heavy atom. The minimum Gasteiger partial charge on any atom is -0.496 e. The zero-order valence-corrected chi connectivity index (χ0v) is 13.7. The quantitative estimate of drug-likeness (QED) is 0.841. The number of ether oxygens (including phenoxy) is 2. The lowest BCUT2D eigenvalue weighted by atomic mass is 9.84. The number of hydrogen-bond acceptors (Lipinski definition) is 3. The van der Waals surface area contributed by atoms with Gasteiger partial charge in [-0.25, -0.2) is 0 Å². The van der Waals surface area contributed by atoms with Crippen LogP contribution in [0.2, 0.25) is 0 Å². The van der Waals surface area contributed by atoms with Crippen molar-refractivity contribution in [2.75, 3.05) is 33.4 Å². The smallest absolute Gasteiger partial charge is 0.257 e. The van der Waals surface area contributed by atoms with Crippen LogP contribution >= 0.6 is 0 Å². The van der Waals surface area contributed by atoms with Crippen LogP contribution in [0.1, 0.15) is 42.3 Å². The number of rotatable bonds is 2. The summed E-state index contributed by atoms with van der Waals surface area (Å²) in [5.74, 6) is 0.731. The highest BCUT2D eigenvalue weighted by Crippen LogP contribution is 2.35. The first kappa shape index (κ1) is 15.8. The summed E-state index contributed by atoms with van der Waals surface area (Å²) in [6, 6.07) is 4.03. The largest absolute Gasteiger partial charge is 0.496 e. The molecule has 1 amide bonds. The van der Waals surface area contributed by atoms with Gasteiger partial charge in [0.05, 0.1) is 25.9 Å². The molecule has 116 valence electrons. The molecule has 4 nitrogen and oxygen atoms in total. The normalized spacial score (nSPS) is 16.0. The van der Waals surface area contributed by atoms with Crippen LogP contribution in [0.5, 0.6) is 5.75 Å². The zero-order valence-electron chi connectivity index (χ0n) is 13.7. The summed E-state index contributed by atoms with van der Waals surface area (Å²) in [6.07, 6.45) is 0. The Balaban J connectivity index is 2.47. The molecular weight excluding hydrogens is 266 g/mol. The topological polar surface area (TPSA) is 38.8 Å². The Hall–Kier alpha value is -1.55. The lowest BCUT2D eigenvalue weighted by molar-refractivity contribution is 0.0300. The molecular formula is C17H25NO3. The molecule has 2 rings (SSSR count). The number of nitrogens with zero attached hydrogens (tertiary/aromatic N) is 1. The highest BCUT2D eigenvalue weighted by atomic mass is 16.5. The van der Waals surface area contributed by atoms with E-state index in [-0.39, 0.29) is 11.3 Å². The Bertz CT molecular complexity index is 526. The van der Waals surface area contributed by atoms with Crippen molar-refractivity contribution in [2.24, 2.45) is 0 Å². The van der Waals surface area contributed by atoms with Gasteiger partial charge in [-0.05, 0) is 24.0 Å². The van der Waals surface area contributed by atoms with Crippen molar-refractivity contribution in [3.8, 4) is 5.75 Å². The third-order valence-electron chi connectivity index (χ3n) is 3.77. The van der Waals surface area contributed by atoms with Crippen LogP contribution in [-0.4, -0.2) is 44.2 Å². The zero-order chi connectivity index (χ0) is 15.6. The third-order valence-corrected chi connectivity index (χ3v) is 3.77. The van der Waals surface area contributed by atoms with Gasteiger partial charge in [-0.15, -0.1) is 0 Å². The van der Waals surface area contributed by atoms with Gasteiger partial charge in [-0.1, -0.05) is 26.8 Å². The summed E-state index contributed by atoms with van der Waals surface area (Å²) in [7, 11) is 1.63. The van der Waals surface area contributed by atoms with Crippen molar-refractivity contribution in [2.45, 2.75) is 33.1 Å². The molecule has 1 aliphatic rings. The van der Waals surface area contributed by atoms with E-state index in [1.165, 1.54) is 0 Å². The molecule has 1 fully saturated rings. The third kappa shape index (κ3) is 3.38. The molecule has 1 aliphatic heterocycles. The van der Waals surface area contributed by atoms with Gasteiger partial charge in [-0.3, -0.25) is 4.79 Å². The molecule has 0 saturated carbocycles. The first-order valence-corrected chi connectivity index (χ1v) is 7.40. The van der Waals surface area contributed by atoms with E-state index in [1.807, 2.05) is 17.9 Å². The Morgan fingerprint density at radius 1 is 1.24 bits per heavy atom. The van der Waals surface area contributed by atoms with E-state index < -0.39 is 0 Å². The van der Waals surface area contributed by atoms with Crippen LogP contribution in [0.3, 0.4) is 0 Å². The lowest BCUT2D eigenvalue weighted by Gasteiger charge is -2.29. The predicted molar refractivity (Wildman–Crippen MR) is 83.2 cm³/mol. The van der Waals surface area contributed by atoms with Gasteiger partial charge in [0.1, 0.15) is 5.75 Å². The van der Waals surface area contributed by atoms with Gasteiger partial charge in [0.2, 0.25) is 0 Å². The van der Waals surface area contributed by atoms with Gasteiger partial charge in [0, 0.05) is 18.7 Å². The number of morpholine rings is 1. The maximum absolute atomic E-state index is 12.8. The second kappa shape index (κ2) is 6.06. The second-order valence-electron chi connectivity index (χ2n) is 6.55. The van der Waals surface area contributed by atoms with Gasteiger partial charge >= 0.3 is 0 Å². The first-order valence-electron chi connectivity index (χ1n) is 7.40. The summed E-state index contributed by atoms with van der Waals surface area (Å²) in [5, 5.41) is 0. The molecule has 0 spiro atoms. The maximum Gasteiger partial charge on any atom is 0.257 e. The van der Waals surface area contributed by atoms with Crippen molar-refractivity contribution in [3.05, 3.63) is 28.8 Å². The van der Waals surface area contributed by atoms with Crippen molar-refractivity contribution in [1.29, 1.82) is 0 Å². The van der Waals surface area contributed by atoms with E-state index in [9.17, 15) is 4.79 Å². The van der Waals surface area contributed by atoms with Crippen LogP contribution in [0.4, 0.5) is 0 Å². The van der Waals surface area contributed by atoms with Gasteiger partial charge < -0.3 is 14.4 Å². The molecule has 0 unspecified atom stereocenters. The summed E-state index contributed by atoms with van der Waals surface area (Å²) in [5.41, 5.74) is 2.74. The molecule has 21 heavy (non-hydrogen) atoms.